The standard InChI is InChI=1S/C24H29N3O2/c1-2-26-12-13-27(23(28)19-7-4-8-19)17-22(24(26)29)15-18-6-3-9-20(14-18)21-10-5-11-25-16-21/h3,5-6,9-11,14,16,19,22H,2,4,7-8,12-13,15,17H2,1H3/t22-/m1/s1. The maximum absolute atomic E-state index is 13.1. The van der Waals surface area contributed by atoms with E-state index in [-0.39, 0.29) is 23.7 Å². The van der Waals surface area contributed by atoms with Crippen molar-refractivity contribution in [3.05, 3.63) is 54.4 Å². The molecule has 0 unspecified atom stereocenters. The average Bonchev–Trinajstić information content (AvgIpc) is 2.86. The molecular formula is C24H29N3O2. The third-order valence-electron chi connectivity index (χ3n) is 6.29. The van der Waals surface area contributed by atoms with Crippen LogP contribution in [0.3, 0.4) is 0 Å². The number of benzene rings is 1. The zero-order chi connectivity index (χ0) is 20.2. The quantitative estimate of drug-likeness (QED) is 0.785. The summed E-state index contributed by atoms with van der Waals surface area (Å²) in [5.74, 6) is 0.401. The predicted molar refractivity (Wildman–Crippen MR) is 113 cm³/mol. The molecule has 4 rings (SSSR count). The molecule has 1 aromatic carbocycles. The number of carbonyl (C=O) groups is 2. The lowest BCUT2D eigenvalue weighted by atomic mass is 9.84. The number of pyridine rings is 1. The van der Waals surface area contributed by atoms with Crippen LogP contribution in [0.5, 0.6) is 0 Å². The highest BCUT2D eigenvalue weighted by atomic mass is 16.2. The summed E-state index contributed by atoms with van der Waals surface area (Å²) in [7, 11) is 0. The third kappa shape index (κ3) is 4.34. The molecule has 2 aliphatic rings. The smallest absolute Gasteiger partial charge is 0.227 e. The van der Waals surface area contributed by atoms with Crippen molar-refractivity contribution in [1.82, 2.24) is 14.8 Å². The largest absolute Gasteiger partial charge is 0.341 e. The fourth-order valence-electron chi connectivity index (χ4n) is 4.32. The number of hydrogen-bond acceptors (Lipinski definition) is 3. The number of rotatable bonds is 5. The normalized spacial score (nSPS) is 20.3. The third-order valence-corrected chi connectivity index (χ3v) is 6.29. The highest BCUT2D eigenvalue weighted by molar-refractivity contribution is 5.83. The maximum atomic E-state index is 13.1. The van der Waals surface area contributed by atoms with Crippen LogP contribution in [0.4, 0.5) is 0 Å². The van der Waals surface area contributed by atoms with Gasteiger partial charge in [-0.25, -0.2) is 0 Å². The summed E-state index contributed by atoms with van der Waals surface area (Å²) < 4.78 is 0. The summed E-state index contributed by atoms with van der Waals surface area (Å²) in [5, 5.41) is 0. The summed E-state index contributed by atoms with van der Waals surface area (Å²) in [6.07, 6.45) is 7.42. The molecule has 29 heavy (non-hydrogen) atoms. The van der Waals surface area contributed by atoms with Crippen LogP contribution in [0, 0.1) is 11.8 Å². The van der Waals surface area contributed by atoms with Gasteiger partial charge in [0.25, 0.3) is 0 Å². The van der Waals surface area contributed by atoms with Gasteiger partial charge < -0.3 is 9.80 Å². The molecule has 1 atom stereocenters. The zero-order valence-electron chi connectivity index (χ0n) is 17.1. The average molecular weight is 392 g/mol. The molecule has 2 fully saturated rings. The van der Waals surface area contributed by atoms with E-state index in [1.165, 1.54) is 0 Å². The van der Waals surface area contributed by atoms with E-state index in [2.05, 4.69) is 23.2 Å². The van der Waals surface area contributed by atoms with Gasteiger partial charge in [0.15, 0.2) is 0 Å². The van der Waals surface area contributed by atoms with Crippen molar-refractivity contribution in [2.75, 3.05) is 26.2 Å². The van der Waals surface area contributed by atoms with Crippen molar-refractivity contribution in [3.8, 4) is 11.1 Å². The second-order valence-electron chi connectivity index (χ2n) is 8.17. The molecule has 5 nitrogen and oxygen atoms in total. The van der Waals surface area contributed by atoms with Crippen LogP contribution in [0.15, 0.2) is 48.8 Å². The Balaban J connectivity index is 1.54. The summed E-state index contributed by atoms with van der Waals surface area (Å²) in [5.41, 5.74) is 3.30. The molecule has 1 aromatic heterocycles. The molecule has 0 spiro atoms. The Hall–Kier alpha value is -2.69. The number of likely N-dealkylation sites (N-methyl/N-ethyl adjacent to an activating group) is 1. The molecule has 1 saturated carbocycles. The highest BCUT2D eigenvalue weighted by Gasteiger charge is 2.35. The summed E-state index contributed by atoms with van der Waals surface area (Å²) in [6, 6.07) is 12.3. The number of hydrogen-bond donors (Lipinski definition) is 0. The van der Waals surface area contributed by atoms with Crippen LogP contribution in [-0.2, 0) is 16.0 Å². The van der Waals surface area contributed by atoms with Crippen molar-refractivity contribution in [3.63, 3.8) is 0 Å². The summed E-state index contributed by atoms with van der Waals surface area (Å²) in [6.45, 7) is 4.53. The minimum absolute atomic E-state index is 0.170. The lowest BCUT2D eigenvalue weighted by molar-refractivity contribution is -0.138. The monoisotopic (exact) mass is 391 g/mol. The van der Waals surface area contributed by atoms with E-state index in [9.17, 15) is 9.59 Å². The lowest BCUT2D eigenvalue weighted by Gasteiger charge is -2.31. The van der Waals surface area contributed by atoms with Crippen molar-refractivity contribution in [2.24, 2.45) is 11.8 Å². The number of aromatic nitrogens is 1. The molecule has 0 N–H and O–H groups in total. The van der Waals surface area contributed by atoms with E-state index in [1.54, 1.807) is 6.20 Å². The first kappa shape index (κ1) is 19.6. The highest BCUT2D eigenvalue weighted by Crippen LogP contribution is 2.30. The van der Waals surface area contributed by atoms with Gasteiger partial charge in [-0.05, 0) is 48.9 Å². The molecule has 1 saturated heterocycles. The Morgan fingerprint density at radius 1 is 1.14 bits per heavy atom. The molecule has 2 amide bonds. The Kier molecular flexibility index (Phi) is 5.93. The Bertz CT molecular complexity index is 863. The van der Waals surface area contributed by atoms with E-state index in [4.69, 9.17) is 0 Å². The second kappa shape index (κ2) is 8.76. The minimum atomic E-state index is -0.189. The molecule has 2 heterocycles. The van der Waals surface area contributed by atoms with Crippen LogP contribution in [0.25, 0.3) is 11.1 Å². The predicted octanol–water partition coefficient (Wildman–Crippen LogP) is 3.40. The molecule has 0 bridgehead atoms. The molecular weight excluding hydrogens is 362 g/mol. The lowest BCUT2D eigenvalue weighted by Crippen LogP contribution is -2.42. The summed E-state index contributed by atoms with van der Waals surface area (Å²) in [4.78, 5) is 34.1. The van der Waals surface area contributed by atoms with Crippen molar-refractivity contribution in [2.45, 2.75) is 32.6 Å². The molecule has 1 aliphatic heterocycles. The second-order valence-corrected chi connectivity index (χ2v) is 8.17. The van der Waals surface area contributed by atoms with Crippen LogP contribution < -0.4 is 0 Å². The van der Waals surface area contributed by atoms with Gasteiger partial charge in [0, 0.05) is 44.5 Å². The number of amides is 2. The fourth-order valence-corrected chi connectivity index (χ4v) is 4.32. The number of carbonyl (C=O) groups excluding carboxylic acids is 2. The van der Waals surface area contributed by atoms with E-state index in [0.29, 0.717) is 32.6 Å². The molecule has 2 aromatic rings. The van der Waals surface area contributed by atoms with E-state index in [0.717, 1.165) is 36.0 Å². The minimum Gasteiger partial charge on any atom is -0.341 e. The van der Waals surface area contributed by atoms with Crippen LogP contribution in [-0.4, -0.2) is 52.8 Å². The summed E-state index contributed by atoms with van der Waals surface area (Å²) >= 11 is 0. The topological polar surface area (TPSA) is 53.5 Å². The van der Waals surface area contributed by atoms with Gasteiger partial charge in [-0.2, -0.15) is 0 Å². The van der Waals surface area contributed by atoms with E-state index in [1.807, 2.05) is 41.1 Å². The first-order chi connectivity index (χ1) is 14.2. The van der Waals surface area contributed by atoms with Crippen molar-refractivity contribution < 1.29 is 9.59 Å². The Morgan fingerprint density at radius 2 is 1.97 bits per heavy atom. The van der Waals surface area contributed by atoms with Crippen LogP contribution in [0.1, 0.15) is 31.7 Å². The van der Waals surface area contributed by atoms with E-state index < -0.39 is 0 Å². The van der Waals surface area contributed by atoms with Crippen LogP contribution >= 0.6 is 0 Å². The van der Waals surface area contributed by atoms with Crippen LogP contribution in [0.2, 0.25) is 0 Å². The maximum Gasteiger partial charge on any atom is 0.227 e. The fraction of sp³-hybridized carbons (Fsp3) is 0.458. The van der Waals surface area contributed by atoms with Gasteiger partial charge in [-0.1, -0.05) is 36.8 Å². The van der Waals surface area contributed by atoms with E-state index >= 15 is 0 Å². The van der Waals surface area contributed by atoms with Gasteiger partial charge >= 0.3 is 0 Å². The first-order valence-electron chi connectivity index (χ1n) is 10.7. The van der Waals surface area contributed by atoms with Gasteiger partial charge in [0.05, 0.1) is 5.92 Å². The van der Waals surface area contributed by atoms with Crippen molar-refractivity contribution >= 4 is 11.8 Å². The molecule has 152 valence electrons. The van der Waals surface area contributed by atoms with Gasteiger partial charge in [0.1, 0.15) is 0 Å². The van der Waals surface area contributed by atoms with Crippen molar-refractivity contribution in [1.29, 1.82) is 0 Å². The zero-order valence-corrected chi connectivity index (χ0v) is 17.1. The molecule has 5 heteroatoms. The molecule has 1 aliphatic carbocycles. The van der Waals surface area contributed by atoms with Gasteiger partial charge in [-0.3, -0.25) is 14.6 Å². The number of nitrogens with zero attached hydrogens (tertiary/aromatic N) is 3. The van der Waals surface area contributed by atoms with Gasteiger partial charge in [0.2, 0.25) is 11.8 Å². The Morgan fingerprint density at radius 3 is 2.66 bits per heavy atom. The SMILES string of the molecule is CCN1CCN(C(=O)C2CCC2)C[C@@H](Cc2cccc(-c3cccnc3)c2)C1=O. The van der Waals surface area contributed by atoms with Gasteiger partial charge in [-0.15, -0.1) is 0 Å². The Labute approximate surface area is 172 Å². The first-order valence-corrected chi connectivity index (χ1v) is 10.7. The molecule has 0 radical (unpaired) electrons.